The van der Waals surface area contributed by atoms with Crippen LogP contribution in [0.5, 0.6) is 0 Å². The molecule has 2 saturated carbocycles. The highest BCUT2D eigenvalue weighted by atomic mass is 16.6. The van der Waals surface area contributed by atoms with E-state index in [1.165, 1.54) is 25.0 Å². The number of aromatic nitrogens is 1. The van der Waals surface area contributed by atoms with Gasteiger partial charge in [0.25, 0.3) is 5.56 Å². The highest BCUT2D eigenvalue weighted by Crippen LogP contribution is 2.70. The summed E-state index contributed by atoms with van der Waals surface area (Å²) in [5, 5.41) is 0. The summed E-state index contributed by atoms with van der Waals surface area (Å²) in [7, 11) is 0. The lowest BCUT2D eigenvalue weighted by Gasteiger charge is -2.49. The van der Waals surface area contributed by atoms with E-state index in [-0.39, 0.29) is 46.6 Å². The van der Waals surface area contributed by atoms with Gasteiger partial charge in [-0.15, -0.1) is 0 Å². The summed E-state index contributed by atoms with van der Waals surface area (Å²) in [5.74, 6) is 1.53. The molecule has 6 aliphatic rings. The third-order valence-electron chi connectivity index (χ3n) is 10.2. The fourth-order valence-corrected chi connectivity index (χ4v) is 8.87. The molecule has 7 rings (SSSR count). The summed E-state index contributed by atoms with van der Waals surface area (Å²) in [5.41, 5.74) is 1.40. The first-order chi connectivity index (χ1) is 15.4. The number of fused-ring (bicyclic) bond motifs is 6. The molecule has 2 aliphatic carbocycles. The van der Waals surface area contributed by atoms with Crippen LogP contribution in [0.2, 0.25) is 0 Å². The van der Waals surface area contributed by atoms with Crippen molar-refractivity contribution < 1.29 is 14.3 Å². The minimum absolute atomic E-state index is 0.00657. The van der Waals surface area contributed by atoms with Gasteiger partial charge < -0.3 is 18.9 Å². The molecular formula is C26H34N2O4. The molecule has 0 N–H and O–H groups in total. The van der Waals surface area contributed by atoms with Crippen LogP contribution < -0.4 is 5.56 Å². The van der Waals surface area contributed by atoms with Crippen molar-refractivity contribution >= 4 is 5.97 Å². The van der Waals surface area contributed by atoms with Crippen LogP contribution in [-0.4, -0.2) is 52.9 Å². The summed E-state index contributed by atoms with van der Waals surface area (Å²) < 4.78 is 14.6. The molecule has 5 heterocycles. The molecule has 32 heavy (non-hydrogen) atoms. The number of pyridine rings is 1. The monoisotopic (exact) mass is 438 g/mol. The van der Waals surface area contributed by atoms with Crippen LogP contribution in [0.15, 0.2) is 23.0 Å². The van der Waals surface area contributed by atoms with E-state index in [2.05, 4.69) is 24.8 Å². The van der Waals surface area contributed by atoms with Crippen LogP contribution in [0, 0.1) is 29.1 Å². The summed E-state index contributed by atoms with van der Waals surface area (Å²) >= 11 is 0. The van der Waals surface area contributed by atoms with Gasteiger partial charge in [0.05, 0.1) is 12.0 Å². The van der Waals surface area contributed by atoms with Gasteiger partial charge in [0.15, 0.2) is 0 Å². The van der Waals surface area contributed by atoms with Crippen LogP contribution in [0.25, 0.3) is 0 Å². The molecule has 1 aromatic heterocycles. The second-order valence-electron chi connectivity index (χ2n) is 12.0. The third kappa shape index (κ3) is 2.48. The SMILES string of the molecule is C[C@H]1CCC[C@]2(C)C[C@H]3OC(=O)[C@H](CN4C[C@@H]5C[C@@H](C4)c4cccc(=O)n4C5)[C@H]3[C@H]3O[C@@]312. The Morgan fingerprint density at radius 2 is 2.06 bits per heavy atom. The smallest absolute Gasteiger partial charge is 0.311 e. The number of epoxide rings is 1. The van der Waals surface area contributed by atoms with Crippen LogP contribution in [0.4, 0.5) is 0 Å². The van der Waals surface area contributed by atoms with Crippen LogP contribution in [0.3, 0.4) is 0 Å². The standard InChI is InChI=1S/C26H34N2O4/c1-15-5-4-8-25(2)10-20-22(23-26(15,25)32-23)18(24(30)31-20)14-27-11-16-9-17(13-27)19-6-3-7-21(29)28(19)12-16/h3,6-7,15-18,20,22-23H,4-5,8-14H2,1-2H3/t15-,16-,17-,18+,20+,22+,23+,25+,26+/m0/s1. The third-order valence-corrected chi connectivity index (χ3v) is 10.2. The molecule has 9 atom stereocenters. The van der Waals surface area contributed by atoms with Crippen molar-refractivity contribution in [2.75, 3.05) is 19.6 Å². The molecule has 1 spiro atoms. The zero-order valence-corrected chi connectivity index (χ0v) is 19.2. The zero-order valence-electron chi connectivity index (χ0n) is 19.2. The van der Waals surface area contributed by atoms with Crippen LogP contribution in [0.1, 0.15) is 57.6 Å². The molecule has 1 aromatic rings. The molecule has 0 aromatic carbocycles. The number of likely N-dealkylation sites (tertiary alicyclic amines) is 1. The van der Waals surface area contributed by atoms with Crippen LogP contribution in [-0.2, 0) is 20.8 Å². The van der Waals surface area contributed by atoms with E-state index in [4.69, 9.17) is 9.47 Å². The minimum atomic E-state index is -0.0835. The fraction of sp³-hybridized carbons (Fsp3) is 0.769. The van der Waals surface area contributed by atoms with Gasteiger partial charge in [-0.05, 0) is 43.6 Å². The molecule has 0 radical (unpaired) electrons. The topological polar surface area (TPSA) is 64.1 Å². The normalized spacial score (nSPS) is 48.8. The molecular weight excluding hydrogens is 404 g/mol. The van der Waals surface area contributed by atoms with Crippen molar-refractivity contribution in [3.63, 3.8) is 0 Å². The summed E-state index contributed by atoms with van der Waals surface area (Å²) in [6, 6.07) is 5.67. The number of piperidine rings is 1. The molecule has 6 nitrogen and oxygen atoms in total. The van der Waals surface area contributed by atoms with E-state index in [9.17, 15) is 9.59 Å². The lowest BCUT2D eigenvalue weighted by atomic mass is 9.53. The summed E-state index contributed by atoms with van der Waals surface area (Å²) in [6.07, 6.45) is 5.98. The van der Waals surface area contributed by atoms with Crippen molar-refractivity contribution in [3.8, 4) is 0 Å². The first kappa shape index (κ1) is 19.8. The maximum Gasteiger partial charge on any atom is 0.311 e. The molecule has 4 aliphatic heterocycles. The largest absolute Gasteiger partial charge is 0.462 e. The van der Waals surface area contributed by atoms with Gasteiger partial charge in [-0.25, -0.2) is 0 Å². The molecule has 2 bridgehead atoms. The Kier molecular flexibility index (Phi) is 4.00. The van der Waals surface area contributed by atoms with Gasteiger partial charge in [-0.2, -0.15) is 0 Å². The summed E-state index contributed by atoms with van der Waals surface area (Å²) in [6.45, 7) is 8.19. The number of hydrogen-bond donors (Lipinski definition) is 0. The van der Waals surface area contributed by atoms with E-state index in [0.29, 0.717) is 17.8 Å². The number of carbonyl (C=O) groups excluding carboxylic acids is 1. The minimum Gasteiger partial charge on any atom is -0.462 e. The predicted molar refractivity (Wildman–Crippen MR) is 118 cm³/mol. The molecule has 6 heteroatoms. The van der Waals surface area contributed by atoms with Gasteiger partial charge in [0, 0.05) is 55.2 Å². The second-order valence-corrected chi connectivity index (χ2v) is 12.0. The Morgan fingerprint density at radius 1 is 1.19 bits per heavy atom. The van der Waals surface area contributed by atoms with Gasteiger partial charge in [-0.1, -0.05) is 26.3 Å². The van der Waals surface area contributed by atoms with Crippen molar-refractivity contribution in [2.45, 2.75) is 76.2 Å². The summed E-state index contributed by atoms with van der Waals surface area (Å²) in [4.78, 5) is 27.9. The maximum absolute atomic E-state index is 13.1. The fourth-order valence-electron chi connectivity index (χ4n) is 8.87. The Morgan fingerprint density at radius 3 is 2.94 bits per heavy atom. The van der Waals surface area contributed by atoms with E-state index >= 15 is 0 Å². The van der Waals surface area contributed by atoms with Crippen molar-refractivity contribution in [1.82, 2.24) is 9.47 Å². The first-order valence-corrected chi connectivity index (χ1v) is 12.7. The first-order valence-electron chi connectivity index (χ1n) is 12.7. The Labute approximate surface area is 189 Å². The van der Waals surface area contributed by atoms with E-state index in [1.807, 2.05) is 10.6 Å². The lowest BCUT2D eigenvalue weighted by Crippen LogP contribution is -2.55. The maximum atomic E-state index is 13.1. The number of carbonyl (C=O) groups is 1. The Balaban J connectivity index is 1.14. The van der Waals surface area contributed by atoms with Gasteiger partial charge in [0.2, 0.25) is 0 Å². The Bertz CT molecular complexity index is 1040. The number of nitrogens with zero attached hydrogens (tertiary/aromatic N) is 2. The van der Waals surface area contributed by atoms with Gasteiger partial charge in [0.1, 0.15) is 11.7 Å². The number of esters is 1. The van der Waals surface area contributed by atoms with Gasteiger partial charge in [-0.3, -0.25) is 9.59 Å². The average molecular weight is 439 g/mol. The second kappa shape index (κ2) is 6.47. The van der Waals surface area contributed by atoms with Crippen LogP contribution >= 0.6 is 0 Å². The van der Waals surface area contributed by atoms with E-state index < -0.39 is 0 Å². The number of ether oxygens (including phenoxy) is 2. The van der Waals surface area contributed by atoms with E-state index in [0.717, 1.165) is 39.0 Å². The highest BCUT2D eigenvalue weighted by Gasteiger charge is 2.78. The van der Waals surface area contributed by atoms with Crippen molar-refractivity contribution in [3.05, 3.63) is 34.2 Å². The average Bonchev–Trinajstić information content (AvgIpc) is 3.43. The van der Waals surface area contributed by atoms with Crippen molar-refractivity contribution in [2.24, 2.45) is 29.1 Å². The quantitative estimate of drug-likeness (QED) is 0.525. The predicted octanol–water partition coefficient (Wildman–Crippen LogP) is 2.79. The molecule has 0 amide bonds. The Hall–Kier alpha value is -1.66. The zero-order chi connectivity index (χ0) is 21.8. The van der Waals surface area contributed by atoms with E-state index in [1.54, 1.807) is 6.07 Å². The number of rotatable bonds is 2. The highest BCUT2D eigenvalue weighted by molar-refractivity contribution is 5.76. The molecule has 5 fully saturated rings. The lowest BCUT2D eigenvalue weighted by molar-refractivity contribution is -0.146. The molecule has 0 unspecified atom stereocenters. The molecule has 172 valence electrons. The number of hydrogen-bond acceptors (Lipinski definition) is 5. The van der Waals surface area contributed by atoms with Crippen molar-refractivity contribution in [1.29, 1.82) is 0 Å². The van der Waals surface area contributed by atoms with Gasteiger partial charge >= 0.3 is 5.97 Å². The molecule has 3 saturated heterocycles.